The molecule has 0 aliphatic heterocycles. The van der Waals surface area contributed by atoms with E-state index < -0.39 is 0 Å². The number of nitrogens with zero attached hydrogens (tertiary/aromatic N) is 2. The van der Waals surface area contributed by atoms with Crippen molar-refractivity contribution in [2.24, 2.45) is 0 Å². The number of carbonyl (C=O) groups is 1. The average Bonchev–Trinajstić information content (AvgIpc) is 2.96. The fraction of sp³-hybridized carbons (Fsp3) is 0.158. The first-order chi connectivity index (χ1) is 12.9. The van der Waals surface area contributed by atoms with E-state index in [0.717, 1.165) is 11.1 Å². The highest BCUT2D eigenvalue weighted by atomic mass is 79.9. The fourth-order valence-electron chi connectivity index (χ4n) is 2.64. The number of nitrogens with one attached hydrogen (secondary N) is 1. The molecule has 0 bridgehead atoms. The van der Waals surface area contributed by atoms with E-state index in [1.807, 2.05) is 19.1 Å². The van der Waals surface area contributed by atoms with Gasteiger partial charge < -0.3 is 10.1 Å². The van der Waals surface area contributed by atoms with Crippen molar-refractivity contribution in [1.82, 2.24) is 9.78 Å². The van der Waals surface area contributed by atoms with E-state index in [4.69, 9.17) is 27.9 Å². The van der Waals surface area contributed by atoms with Gasteiger partial charge in [-0.2, -0.15) is 5.10 Å². The molecule has 140 valence electrons. The maximum atomic E-state index is 12.6. The maximum absolute atomic E-state index is 12.6. The molecule has 0 radical (unpaired) electrons. The van der Waals surface area contributed by atoms with E-state index in [1.54, 1.807) is 42.3 Å². The molecule has 5 nitrogen and oxygen atoms in total. The molecule has 0 fully saturated rings. The van der Waals surface area contributed by atoms with Gasteiger partial charge in [0.2, 0.25) is 0 Å². The Morgan fingerprint density at radius 2 is 2.07 bits per heavy atom. The average molecular weight is 469 g/mol. The van der Waals surface area contributed by atoms with Crippen molar-refractivity contribution in [3.8, 4) is 5.75 Å². The maximum Gasteiger partial charge on any atom is 0.257 e. The summed E-state index contributed by atoms with van der Waals surface area (Å²) in [6.45, 7) is 2.28. The van der Waals surface area contributed by atoms with E-state index in [1.165, 1.54) is 0 Å². The molecular formula is C19H16BrCl2N3O2. The molecule has 0 atom stereocenters. The van der Waals surface area contributed by atoms with Gasteiger partial charge in [-0.1, -0.05) is 35.3 Å². The van der Waals surface area contributed by atoms with Crippen molar-refractivity contribution >= 4 is 50.9 Å². The van der Waals surface area contributed by atoms with Crippen molar-refractivity contribution in [2.45, 2.75) is 13.5 Å². The van der Waals surface area contributed by atoms with E-state index in [0.29, 0.717) is 38.2 Å². The molecule has 27 heavy (non-hydrogen) atoms. The van der Waals surface area contributed by atoms with Gasteiger partial charge in [0.05, 0.1) is 18.1 Å². The summed E-state index contributed by atoms with van der Waals surface area (Å²) in [4.78, 5) is 12.6. The quantitative estimate of drug-likeness (QED) is 0.532. The molecule has 1 heterocycles. The van der Waals surface area contributed by atoms with Crippen LogP contribution in [0.4, 0.5) is 5.82 Å². The second-order valence-corrected chi connectivity index (χ2v) is 7.54. The molecule has 0 aliphatic carbocycles. The van der Waals surface area contributed by atoms with Gasteiger partial charge in [-0.15, -0.1) is 0 Å². The van der Waals surface area contributed by atoms with Gasteiger partial charge in [0.25, 0.3) is 5.91 Å². The molecule has 3 aromatic rings. The Morgan fingerprint density at radius 3 is 2.78 bits per heavy atom. The number of hydrogen-bond acceptors (Lipinski definition) is 3. The van der Waals surface area contributed by atoms with Crippen LogP contribution in [0.5, 0.6) is 5.75 Å². The molecule has 0 saturated heterocycles. The van der Waals surface area contributed by atoms with E-state index >= 15 is 0 Å². The van der Waals surface area contributed by atoms with Crippen LogP contribution in [0.3, 0.4) is 0 Å². The minimum Gasteiger partial charge on any atom is -0.496 e. The first-order valence-electron chi connectivity index (χ1n) is 8.01. The van der Waals surface area contributed by atoms with Crippen molar-refractivity contribution < 1.29 is 9.53 Å². The van der Waals surface area contributed by atoms with Crippen LogP contribution in [0.1, 0.15) is 21.5 Å². The summed E-state index contributed by atoms with van der Waals surface area (Å²) in [6.07, 6.45) is 1.78. The zero-order valence-corrected chi connectivity index (χ0v) is 17.7. The molecule has 0 saturated carbocycles. The van der Waals surface area contributed by atoms with E-state index in [-0.39, 0.29) is 5.91 Å². The zero-order chi connectivity index (χ0) is 19.6. The Hall–Kier alpha value is -2.02. The van der Waals surface area contributed by atoms with Crippen LogP contribution >= 0.6 is 39.1 Å². The Labute approximate surface area is 175 Å². The summed E-state index contributed by atoms with van der Waals surface area (Å²) in [7, 11) is 1.57. The van der Waals surface area contributed by atoms with Gasteiger partial charge in [-0.05, 0) is 52.7 Å². The molecule has 0 unspecified atom stereocenters. The molecule has 0 aliphatic rings. The van der Waals surface area contributed by atoms with Crippen molar-refractivity contribution in [2.75, 3.05) is 12.4 Å². The largest absolute Gasteiger partial charge is 0.496 e. The highest BCUT2D eigenvalue weighted by Crippen LogP contribution is 2.26. The lowest BCUT2D eigenvalue weighted by Gasteiger charge is -2.10. The lowest BCUT2D eigenvalue weighted by atomic mass is 10.1. The van der Waals surface area contributed by atoms with Gasteiger partial charge in [-0.3, -0.25) is 9.48 Å². The summed E-state index contributed by atoms with van der Waals surface area (Å²) in [6, 6.07) is 10.6. The first kappa shape index (κ1) is 19.7. The van der Waals surface area contributed by atoms with Crippen LogP contribution < -0.4 is 10.1 Å². The number of hydrogen-bond donors (Lipinski definition) is 1. The third kappa shape index (κ3) is 4.46. The Bertz CT molecular complexity index is 1000. The minimum atomic E-state index is -0.262. The van der Waals surface area contributed by atoms with E-state index in [2.05, 4.69) is 26.3 Å². The standard InChI is InChI=1S/C19H16BrCl2N3O2/c1-11-14(4-3-5-17(11)27-2)19(26)23-18-15(20)10-25(24-18)9-12-6-7-13(21)8-16(12)22/h3-8,10H,9H2,1-2H3,(H,23,24,26). The first-order valence-corrected chi connectivity index (χ1v) is 9.55. The predicted octanol–water partition coefficient (Wildman–Crippen LogP) is 5.57. The van der Waals surface area contributed by atoms with Crippen LogP contribution in [-0.4, -0.2) is 22.8 Å². The van der Waals surface area contributed by atoms with Gasteiger partial charge in [0.1, 0.15) is 5.75 Å². The number of ether oxygens (including phenoxy) is 1. The van der Waals surface area contributed by atoms with Gasteiger partial charge in [-0.25, -0.2) is 0 Å². The van der Waals surface area contributed by atoms with Crippen LogP contribution in [0, 0.1) is 6.92 Å². The molecule has 1 amide bonds. The topological polar surface area (TPSA) is 56.1 Å². The summed E-state index contributed by atoms with van der Waals surface area (Å²) in [5, 5.41) is 8.38. The third-order valence-electron chi connectivity index (χ3n) is 4.05. The second kappa shape index (κ2) is 8.33. The summed E-state index contributed by atoms with van der Waals surface area (Å²) >= 11 is 15.6. The highest BCUT2D eigenvalue weighted by Gasteiger charge is 2.16. The van der Waals surface area contributed by atoms with Gasteiger partial charge in [0, 0.05) is 27.4 Å². The molecule has 3 rings (SSSR count). The van der Waals surface area contributed by atoms with Gasteiger partial charge in [0.15, 0.2) is 5.82 Å². The van der Waals surface area contributed by atoms with Crippen molar-refractivity contribution in [3.05, 3.63) is 73.8 Å². The number of anilines is 1. The molecule has 1 N–H and O–H groups in total. The van der Waals surface area contributed by atoms with Crippen LogP contribution in [0.2, 0.25) is 10.0 Å². The minimum absolute atomic E-state index is 0.262. The molecular weight excluding hydrogens is 453 g/mol. The summed E-state index contributed by atoms with van der Waals surface area (Å²) < 4.78 is 7.62. The Morgan fingerprint density at radius 1 is 1.30 bits per heavy atom. The molecule has 8 heteroatoms. The van der Waals surface area contributed by atoms with E-state index in [9.17, 15) is 4.79 Å². The third-order valence-corrected chi connectivity index (χ3v) is 5.21. The number of rotatable bonds is 5. The van der Waals surface area contributed by atoms with Gasteiger partial charge >= 0.3 is 0 Å². The number of benzene rings is 2. The molecule has 0 spiro atoms. The zero-order valence-electron chi connectivity index (χ0n) is 14.6. The van der Waals surface area contributed by atoms with Crippen LogP contribution in [-0.2, 0) is 6.54 Å². The molecule has 1 aromatic heterocycles. The summed E-state index contributed by atoms with van der Waals surface area (Å²) in [5.41, 5.74) is 2.16. The molecule has 2 aromatic carbocycles. The number of aromatic nitrogens is 2. The summed E-state index contributed by atoms with van der Waals surface area (Å²) in [5.74, 6) is 0.818. The number of carbonyl (C=O) groups excluding carboxylic acids is 1. The number of halogens is 3. The van der Waals surface area contributed by atoms with Crippen LogP contribution in [0.15, 0.2) is 47.1 Å². The van der Waals surface area contributed by atoms with Crippen molar-refractivity contribution in [1.29, 1.82) is 0 Å². The second-order valence-electron chi connectivity index (χ2n) is 5.85. The smallest absolute Gasteiger partial charge is 0.257 e. The fourth-order valence-corrected chi connectivity index (χ4v) is 3.53. The lowest BCUT2D eigenvalue weighted by molar-refractivity contribution is 0.102. The monoisotopic (exact) mass is 467 g/mol. The number of amides is 1. The SMILES string of the molecule is COc1cccc(C(=O)Nc2nn(Cc3ccc(Cl)cc3Cl)cc2Br)c1C. The highest BCUT2D eigenvalue weighted by molar-refractivity contribution is 9.10. The Balaban J connectivity index is 1.80. The Kier molecular flexibility index (Phi) is 6.09. The number of methoxy groups -OCH3 is 1. The van der Waals surface area contributed by atoms with Crippen LogP contribution in [0.25, 0.3) is 0 Å². The predicted molar refractivity (Wildman–Crippen MR) is 111 cm³/mol. The lowest BCUT2D eigenvalue weighted by Crippen LogP contribution is -2.15. The van der Waals surface area contributed by atoms with Crippen molar-refractivity contribution in [3.63, 3.8) is 0 Å². The normalized spacial score (nSPS) is 10.7.